The summed E-state index contributed by atoms with van der Waals surface area (Å²) in [7, 11) is 0. The van der Waals surface area contributed by atoms with Crippen molar-refractivity contribution in [2.45, 2.75) is 29.4 Å². The lowest BCUT2D eigenvalue weighted by atomic mass is 10.3. The zero-order chi connectivity index (χ0) is 16.0. The van der Waals surface area contributed by atoms with E-state index in [1.54, 1.807) is 0 Å². The molecule has 0 aliphatic heterocycles. The number of halogens is 2. The summed E-state index contributed by atoms with van der Waals surface area (Å²) in [5, 5.41) is 2.96. The van der Waals surface area contributed by atoms with Crippen molar-refractivity contribution in [2.75, 3.05) is 0 Å². The summed E-state index contributed by atoms with van der Waals surface area (Å²) in [6.07, 6.45) is 2.13. The summed E-state index contributed by atoms with van der Waals surface area (Å²) >= 11 is 1.09. The molecule has 0 amide bonds. The Morgan fingerprint density at radius 2 is 2.13 bits per heavy atom. The second kappa shape index (κ2) is 5.45. The van der Waals surface area contributed by atoms with Gasteiger partial charge in [-0.15, -0.1) is 11.8 Å². The van der Waals surface area contributed by atoms with Gasteiger partial charge in [-0.05, 0) is 25.0 Å². The summed E-state index contributed by atoms with van der Waals surface area (Å²) in [6.45, 7) is 0. The average molecular weight is 334 g/mol. The molecular formula is C15H12F2N4OS. The van der Waals surface area contributed by atoms with Crippen LogP contribution in [0.15, 0.2) is 34.0 Å². The molecule has 4 rings (SSSR count). The van der Waals surface area contributed by atoms with Crippen LogP contribution >= 0.6 is 11.8 Å². The van der Waals surface area contributed by atoms with Gasteiger partial charge in [0.25, 0.3) is 11.3 Å². The molecule has 1 aromatic carbocycles. The number of hydrogen-bond donors (Lipinski definition) is 1. The lowest BCUT2D eigenvalue weighted by molar-refractivity contribution is 0.491. The zero-order valence-electron chi connectivity index (χ0n) is 11.9. The van der Waals surface area contributed by atoms with Gasteiger partial charge >= 0.3 is 0 Å². The van der Waals surface area contributed by atoms with E-state index in [1.807, 2.05) is 0 Å². The Kier molecular flexibility index (Phi) is 3.41. The highest BCUT2D eigenvalue weighted by atomic mass is 32.2. The number of aromatic amines is 1. The number of thioether (sulfide) groups is 1. The van der Waals surface area contributed by atoms with Gasteiger partial charge in [0.2, 0.25) is 0 Å². The summed E-state index contributed by atoms with van der Waals surface area (Å²) in [4.78, 5) is 20.9. The van der Waals surface area contributed by atoms with Gasteiger partial charge in [-0.2, -0.15) is 9.50 Å². The number of nitrogens with one attached hydrogen (secondary N) is 1. The van der Waals surface area contributed by atoms with Crippen LogP contribution < -0.4 is 5.56 Å². The number of hydrogen-bond acceptors (Lipinski definition) is 4. The first-order chi connectivity index (χ1) is 11.1. The highest BCUT2D eigenvalue weighted by Gasteiger charge is 2.27. The van der Waals surface area contributed by atoms with Crippen molar-refractivity contribution in [3.05, 3.63) is 57.8 Å². The van der Waals surface area contributed by atoms with Crippen LogP contribution in [0, 0.1) is 11.6 Å². The first-order valence-corrected chi connectivity index (χ1v) is 8.16. The first-order valence-electron chi connectivity index (χ1n) is 7.17. The largest absolute Gasteiger partial charge is 0.275 e. The van der Waals surface area contributed by atoms with Gasteiger partial charge in [-0.25, -0.2) is 13.8 Å². The zero-order valence-corrected chi connectivity index (χ0v) is 12.7. The maximum absolute atomic E-state index is 13.6. The van der Waals surface area contributed by atoms with Crippen molar-refractivity contribution in [3.8, 4) is 0 Å². The van der Waals surface area contributed by atoms with Crippen LogP contribution in [0.5, 0.6) is 0 Å². The van der Waals surface area contributed by atoms with Gasteiger partial charge < -0.3 is 0 Å². The van der Waals surface area contributed by atoms with Gasteiger partial charge in [0, 0.05) is 22.6 Å². The summed E-state index contributed by atoms with van der Waals surface area (Å²) < 4.78 is 28.1. The fraction of sp³-hybridized carbons (Fsp3) is 0.267. The predicted octanol–water partition coefficient (Wildman–Crippen LogP) is 2.87. The Morgan fingerprint density at radius 3 is 2.91 bits per heavy atom. The van der Waals surface area contributed by atoms with Gasteiger partial charge in [0.05, 0.1) is 5.69 Å². The number of nitrogens with zero attached hydrogens (tertiary/aromatic N) is 3. The molecule has 0 unspecified atom stereocenters. The highest BCUT2D eigenvalue weighted by Crippen LogP contribution is 2.37. The molecule has 0 saturated heterocycles. The number of benzene rings is 1. The molecule has 0 bridgehead atoms. The van der Waals surface area contributed by atoms with Crippen molar-refractivity contribution in [2.24, 2.45) is 0 Å². The molecule has 23 heavy (non-hydrogen) atoms. The minimum atomic E-state index is -0.889. The van der Waals surface area contributed by atoms with Crippen molar-refractivity contribution >= 4 is 17.5 Å². The molecule has 0 atom stereocenters. The van der Waals surface area contributed by atoms with Crippen LogP contribution in [0.25, 0.3) is 5.78 Å². The van der Waals surface area contributed by atoms with E-state index in [0.29, 0.717) is 17.4 Å². The normalized spacial score (nSPS) is 14.5. The van der Waals surface area contributed by atoms with Gasteiger partial charge in [0.1, 0.15) is 5.82 Å². The minimum Gasteiger partial charge on any atom is -0.275 e. The molecule has 3 aromatic rings. The third-order valence-corrected chi connectivity index (χ3v) is 4.72. The maximum Gasteiger partial charge on any atom is 0.274 e. The number of H-pyrrole nitrogens is 1. The van der Waals surface area contributed by atoms with Crippen LogP contribution in [-0.4, -0.2) is 19.6 Å². The van der Waals surface area contributed by atoms with Crippen LogP contribution in [0.2, 0.25) is 0 Å². The monoisotopic (exact) mass is 334 g/mol. The van der Waals surface area contributed by atoms with E-state index in [2.05, 4.69) is 15.1 Å². The van der Waals surface area contributed by atoms with Gasteiger partial charge in [0.15, 0.2) is 11.6 Å². The first kappa shape index (κ1) is 14.4. The smallest absolute Gasteiger partial charge is 0.274 e. The molecule has 118 valence electrons. The van der Waals surface area contributed by atoms with Crippen LogP contribution in [0.3, 0.4) is 0 Å². The second-order valence-corrected chi connectivity index (χ2v) is 6.46. The molecule has 1 aliphatic rings. The molecule has 2 heterocycles. The van der Waals surface area contributed by atoms with E-state index in [0.717, 1.165) is 36.5 Å². The SMILES string of the molecule is O=c1cc(CSc2cccc(F)c2F)nc2nc(C3CC3)[nH]n12. The Balaban J connectivity index is 1.61. The number of fused-ring (bicyclic) bond motifs is 1. The third-order valence-electron chi connectivity index (χ3n) is 3.66. The van der Waals surface area contributed by atoms with E-state index in [1.165, 1.54) is 22.7 Å². The molecule has 1 saturated carbocycles. The number of aromatic nitrogens is 4. The Hall–Kier alpha value is -2.22. The topological polar surface area (TPSA) is 63.0 Å². The molecule has 0 spiro atoms. The van der Waals surface area contributed by atoms with E-state index >= 15 is 0 Å². The van der Waals surface area contributed by atoms with Crippen molar-refractivity contribution in [1.29, 1.82) is 0 Å². The van der Waals surface area contributed by atoms with E-state index in [-0.39, 0.29) is 16.2 Å². The summed E-state index contributed by atoms with van der Waals surface area (Å²) in [5.41, 5.74) is 0.224. The average Bonchev–Trinajstić information content (AvgIpc) is 3.29. The molecule has 8 heteroatoms. The molecule has 0 radical (unpaired) electrons. The lowest BCUT2D eigenvalue weighted by Crippen LogP contribution is -2.15. The Bertz CT molecular complexity index is 948. The van der Waals surface area contributed by atoms with Crippen molar-refractivity contribution in [1.82, 2.24) is 19.6 Å². The predicted molar refractivity (Wildman–Crippen MR) is 81.5 cm³/mol. The lowest BCUT2D eigenvalue weighted by Gasteiger charge is -2.03. The summed E-state index contributed by atoms with van der Waals surface area (Å²) in [6, 6.07) is 5.39. The molecule has 2 aromatic heterocycles. The van der Waals surface area contributed by atoms with E-state index in [9.17, 15) is 13.6 Å². The second-order valence-electron chi connectivity index (χ2n) is 5.44. The minimum absolute atomic E-state index is 0.188. The highest BCUT2D eigenvalue weighted by molar-refractivity contribution is 7.98. The van der Waals surface area contributed by atoms with Gasteiger partial charge in [-0.3, -0.25) is 9.89 Å². The molecule has 1 aliphatic carbocycles. The van der Waals surface area contributed by atoms with Crippen LogP contribution in [-0.2, 0) is 5.75 Å². The fourth-order valence-electron chi connectivity index (χ4n) is 2.30. The maximum atomic E-state index is 13.6. The summed E-state index contributed by atoms with van der Waals surface area (Å²) in [5.74, 6) is -0.0378. The quantitative estimate of drug-likeness (QED) is 0.745. The third kappa shape index (κ3) is 2.74. The molecule has 1 N–H and O–H groups in total. The van der Waals surface area contributed by atoms with E-state index < -0.39 is 11.6 Å². The van der Waals surface area contributed by atoms with Gasteiger partial charge in [-0.1, -0.05) is 6.07 Å². The standard InChI is InChI=1S/C15H12F2N4OS/c16-10-2-1-3-11(13(10)17)23-7-9-6-12(22)21-15(18-9)19-14(20-21)8-4-5-8/h1-3,6,8H,4-5,7H2,(H,18,19,20). The fourth-order valence-corrected chi connectivity index (χ4v) is 3.15. The molecule has 5 nitrogen and oxygen atoms in total. The van der Waals surface area contributed by atoms with Crippen LogP contribution in [0.4, 0.5) is 8.78 Å². The van der Waals surface area contributed by atoms with Crippen molar-refractivity contribution in [3.63, 3.8) is 0 Å². The number of rotatable bonds is 4. The Morgan fingerprint density at radius 1 is 1.30 bits per heavy atom. The molecule has 1 fully saturated rings. The Labute approximate surface area is 133 Å². The van der Waals surface area contributed by atoms with Crippen LogP contribution in [0.1, 0.15) is 30.3 Å². The van der Waals surface area contributed by atoms with E-state index in [4.69, 9.17) is 0 Å². The molecular weight excluding hydrogens is 322 g/mol. The van der Waals surface area contributed by atoms with Crippen molar-refractivity contribution < 1.29 is 8.78 Å².